The standard InChI is InChI=1S/C13H21N3O/c1-17-13(5-2-3-6-13)12(15)8-10-9-16-7-4-11(10)14/h4,7,9,12H,2-3,5-6,8,15H2,1H3,(H2,14,16). The summed E-state index contributed by atoms with van der Waals surface area (Å²) in [6, 6.07) is 1.80. The van der Waals surface area contributed by atoms with Crippen molar-refractivity contribution in [3.05, 3.63) is 24.0 Å². The van der Waals surface area contributed by atoms with E-state index < -0.39 is 0 Å². The maximum atomic E-state index is 6.32. The van der Waals surface area contributed by atoms with Crippen LogP contribution < -0.4 is 11.5 Å². The van der Waals surface area contributed by atoms with Crippen LogP contribution in [0, 0.1) is 0 Å². The molecule has 94 valence electrons. The summed E-state index contributed by atoms with van der Waals surface area (Å²) in [5, 5.41) is 0. The smallest absolute Gasteiger partial charge is 0.0832 e. The van der Waals surface area contributed by atoms with Gasteiger partial charge < -0.3 is 16.2 Å². The van der Waals surface area contributed by atoms with Crippen LogP contribution in [0.3, 0.4) is 0 Å². The first kappa shape index (κ1) is 12.3. The molecule has 1 aliphatic rings. The number of hydrogen-bond acceptors (Lipinski definition) is 4. The van der Waals surface area contributed by atoms with E-state index in [1.807, 2.05) is 6.07 Å². The largest absolute Gasteiger partial charge is 0.398 e. The average Bonchev–Trinajstić information content (AvgIpc) is 2.82. The second-order valence-corrected chi connectivity index (χ2v) is 4.86. The minimum Gasteiger partial charge on any atom is -0.398 e. The Hall–Kier alpha value is -1.13. The van der Waals surface area contributed by atoms with E-state index >= 15 is 0 Å². The molecule has 0 bridgehead atoms. The maximum Gasteiger partial charge on any atom is 0.0832 e. The summed E-state index contributed by atoms with van der Waals surface area (Å²) in [5.41, 5.74) is 13.8. The van der Waals surface area contributed by atoms with Crippen LogP contribution in [0.5, 0.6) is 0 Å². The molecule has 1 unspecified atom stereocenters. The summed E-state index contributed by atoms with van der Waals surface area (Å²) >= 11 is 0. The number of rotatable bonds is 4. The molecule has 1 aliphatic carbocycles. The van der Waals surface area contributed by atoms with E-state index in [1.165, 1.54) is 12.8 Å². The number of nitrogens with zero attached hydrogens (tertiary/aromatic N) is 1. The third-order valence-electron chi connectivity index (χ3n) is 3.91. The van der Waals surface area contributed by atoms with E-state index in [9.17, 15) is 0 Å². The molecule has 1 aromatic heterocycles. The first-order valence-corrected chi connectivity index (χ1v) is 6.17. The predicted molar refractivity (Wildman–Crippen MR) is 68.5 cm³/mol. The topological polar surface area (TPSA) is 74.2 Å². The van der Waals surface area contributed by atoms with E-state index in [4.69, 9.17) is 16.2 Å². The van der Waals surface area contributed by atoms with Crippen LogP contribution in [0.15, 0.2) is 18.5 Å². The van der Waals surface area contributed by atoms with Gasteiger partial charge in [0.25, 0.3) is 0 Å². The lowest BCUT2D eigenvalue weighted by molar-refractivity contribution is -0.0253. The van der Waals surface area contributed by atoms with E-state index in [2.05, 4.69) is 4.98 Å². The fourth-order valence-electron chi connectivity index (χ4n) is 2.73. The SMILES string of the molecule is COC1(C(N)Cc2cnccc2N)CCCC1. The van der Waals surface area contributed by atoms with Gasteiger partial charge >= 0.3 is 0 Å². The van der Waals surface area contributed by atoms with Gasteiger partial charge in [-0.3, -0.25) is 4.98 Å². The molecule has 1 fully saturated rings. The lowest BCUT2D eigenvalue weighted by Crippen LogP contribution is -2.48. The van der Waals surface area contributed by atoms with Gasteiger partial charge in [0.05, 0.1) is 5.60 Å². The van der Waals surface area contributed by atoms with Crippen molar-refractivity contribution in [2.45, 2.75) is 43.7 Å². The van der Waals surface area contributed by atoms with Crippen molar-refractivity contribution in [3.63, 3.8) is 0 Å². The number of aromatic nitrogens is 1. The molecule has 1 saturated carbocycles. The Morgan fingerprint density at radius 1 is 1.47 bits per heavy atom. The number of nitrogens with two attached hydrogens (primary N) is 2. The highest BCUT2D eigenvalue weighted by atomic mass is 16.5. The summed E-state index contributed by atoms with van der Waals surface area (Å²) in [4.78, 5) is 4.10. The van der Waals surface area contributed by atoms with E-state index in [-0.39, 0.29) is 11.6 Å². The molecule has 17 heavy (non-hydrogen) atoms. The molecule has 0 radical (unpaired) electrons. The highest BCUT2D eigenvalue weighted by molar-refractivity contribution is 5.44. The second kappa shape index (κ2) is 5.02. The first-order valence-electron chi connectivity index (χ1n) is 6.17. The van der Waals surface area contributed by atoms with Gasteiger partial charge in [-0.15, -0.1) is 0 Å². The van der Waals surface area contributed by atoms with Crippen molar-refractivity contribution in [3.8, 4) is 0 Å². The van der Waals surface area contributed by atoms with Gasteiger partial charge in [0, 0.05) is 31.2 Å². The second-order valence-electron chi connectivity index (χ2n) is 4.86. The Morgan fingerprint density at radius 3 is 2.76 bits per heavy atom. The van der Waals surface area contributed by atoms with Crippen molar-refractivity contribution in [2.24, 2.45) is 5.73 Å². The minimum absolute atomic E-state index is 0.0125. The summed E-state index contributed by atoms with van der Waals surface area (Å²) in [6.45, 7) is 0. The Kier molecular flexibility index (Phi) is 3.64. The highest BCUT2D eigenvalue weighted by Crippen LogP contribution is 2.36. The van der Waals surface area contributed by atoms with Crippen molar-refractivity contribution in [1.82, 2.24) is 4.98 Å². The van der Waals surface area contributed by atoms with Crippen molar-refractivity contribution in [2.75, 3.05) is 12.8 Å². The molecular formula is C13H21N3O. The molecule has 1 aromatic rings. The van der Waals surface area contributed by atoms with Gasteiger partial charge in [-0.2, -0.15) is 0 Å². The predicted octanol–water partition coefficient (Wildman–Crippen LogP) is 1.49. The molecule has 0 spiro atoms. The summed E-state index contributed by atoms with van der Waals surface area (Å²) in [6.07, 6.45) is 8.72. The first-order chi connectivity index (χ1) is 8.18. The molecule has 4 N–H and O–H groups in total. The lowest BCUT2D eigenvalue weighted by atomic mass is 9.88. The fourth-order valence-corrected chi connectivity index (χ4v) is 2.73. The molecule has 0 aromatic carbocycles. The minimum atomic E-state index is -0.164. The molecule has 0 aliphatic heterocycles. The number of ether oxygens (including phenoxy) is 1. The number of hydrogen-bond donors (Lipinski definition) is 2. The third-order valence-corrected chi connectivity index (χ3v) is 3.91. The average molecular weight is 235 g/mol. The van der Waals surface area contributed by atoms with Crippen molar-refractivity contribution < 1.29 is 4.74 Å². The molecule has 0 amide bonds. The molecule has 2 rings (SSSR count). The van der Waals surface area contributed by atoms with Gasteiger partial charge in [-0.05, 0) is 30.9 Å². The Morgan fingerprint density at radius 2 is 2.18 bits per heavy atom. The van der Waals surface area contributed by atoms with Crippen LogP contribution in [0.1, 0.15) is 31.2 Å². The van der Waals surface area contributed by atoms with Crippen LogP contribution in [0.25, 0.3) is 0 Å². The summed E-state index contributed by atoms with van der Waals surface area (Å²) < 4.78 is 5.69. The molecule has 4 heteroatoms. The molecular weight excluding hydrogens is 214 g/mol. The highest BCUT2D eigenvalue weighted by Gasteiger charge is 2.39. The maximum absolute atomic E-state index is 6.32. The molecule has 1 atom stereocenters. The zero-order chi connectivity index (χ0) is 12.3. The van der Waals surface area contributed by atoms with Crippen LogP contribution in [0.2, 0.25) is 0 Å². The van der Waals surface area contributed by atoms with Crippen LogP contribution in [-0.4, -0.2) is 23.7 Å². The van der Waals surface area contributed by atoms with Gasteiger partial charge in [0.1, 0.15) is 0 Å². The molecule has 4 nitrogen and oxygen atoms in total. The van der Waals surface area contributed by atoms with Gasteiger partial charge in [0.2, 0.25) is 0 Å². The number of anilines is 1. The van der Waals surface area contributed by atoms with Crippen molar-refractivity contribution >= 4 is 5.69 Å². The number of nitrogen functional groups attached to an aromatic ring is 1. The fraction of sp³-hybridized carbons (Fsp3) is 0.615. The number of pyridine rings is 1. The molecule has 1 heterocycles. The zero-order valence-corrected chi connectivity index (χ0v) is 10.4. The van der Waals surface area contributed by atoms with E-state index in [0.717, 1.165) is 30.5 Å². The Balaban J connectivity index is 2.10. The van der Waals surface area contributed by atoms with Crippen LogP contribution >= 0.6 is 0 Å². The van der Waals surface area contributed by atoms with Gasteiger partial charge in [0.15, 0.2) is 0 Å². The third kappa shape index (κ3) is 2.42. The van der Waals surface area contributed by atoms with E-state index in [1.54, 1.807) is 19.5 Å². The van der Waals surface area contributed by atoms with Crippen LogP contribution in [-0.2, 0) is 11.2 Å². The lowest BCUT2D eigenvalue weighted by Gasteiger charge is -2.34. The Labute approximate surface area is 102 Å². The van der Waals surface area contributed by atoms with Crippen LogP contribution in [0.4, 0.5) is 5.69 Å². The zero-order valence-electron chi connectivity index (χ0n) is 10.4. The quantitative estimate of drug-likeness (QED) is 0.829. The van der Waals surface area contributed by atoms with Gasteiger partial charge in [-0.1, -0.05) is 12.8 Å². The normalized spacial score (nSPS) is 20.4. The summed E-state index contributed by atoms with van der Waals surface area (Å²) in [7, 11) is 1.76. The number of methoxy groups -OCH3 is 1. The summed E-state index contributed by atoms with van der Waals surface area (Å²) in [5.74, 6) is 0. The molecule has 0 saturated heterocycles. The van der Waals surface area contributed by atoms with Gasteiger partial charge in [-0.25, -0.2) is 0 Å². The van der Waals surface area contributed by atoms with E-state index in [0.29, 0.717) is 0 Å². The van der Waals surface area contributed by atoms with Crippen molar-refractivity contribution in [1.29, 1.82) is 0 Å². The Bertz CT molecular complexity index is 375. The monoisotopic (exact) mass is 235 g/mol.